The van der Waals surface area contributed by atoms with Gasteiger partial charge in [-0.05, 0) is 25.0 Å². The number of aliphatic imine (C=N–C) groups is 1. The standard InChI is InChI=1S/C17H29N3O2.HI/c1-5-22-12-8-11-19-17(18-3)20-13-14(2)15-9-6-7-10-16(15)21-4;/h6-7,9-10,14H,5,8,11-13H2,1-4H3,(H2,18,19,20);1H. The molecule has 0 spiro atoms. The molecular weight excluding hydrogens is 405 g/mol. The fourth-order valence-corrected chi connectivity index (χ4v) is 2.18. The zero-order valence-electron chi connectivity index (χ0n) is 14.6. The van der Waals surface area contributed by atoms with Crippen molar-refractivity contribution in [3.8, 4) is 5.75 Å². The molecule has 1 aromatic carbocycles. The Hall–Kier alpha value is -1.02. The normalized spacial score (nSPS) is 12.3. The van der Waals surface area contributed by atoms with Gasteiger partial charge in [0.2, 0.25) is 0 Å². The van der Waals surface area contributed by atoms with Crippen molar-refractivity contribution in [3.05, 3.63) is 29.8 Å². The van der Waals surface area contributed by atoms with Crippen molar-refractivity contribution in [1.29, 1.82) is 0 Å². The van der Waals surface area contributed by atoms with Crippen LogP contribution in [0.25, 0.3) is 0 Å². The molecule has 1 unspecified atom stereocenters. The molecule has 0 heterocycles. The van der Waals surface area contributed by atoms with E-state index >= 15 is 0 Å². The molecule has 0 fully saturated rings. The fraction of sp³-hybridized carbons (Fsp3) is 0.588. The molecule has 132 valence electrons. The molecule has 0 saturated heterocycles. The number of para-hydroxylation sites is 1. The van der Waals surface area contributed by atoms with Gasteiger partial charge in [-0.2, -0.15) is 0 Å². The van der Waals surface area contributed by atoms with Crippen molar-refractivity contribution in [2.45, 2.75) is 26.2 Å². The van der Waals surface area contributed by atoms with Crippen LogP contribution in [0.1, 0.15) is 31.7 Å². The first-order valence-electron chi connectivity index (χ1n) is 7.88. The first-order valence-corrected chi connectivity index (χ1v) is 7.88. The Morgan fingerprint density at radius 3 is 2.65 bits per heavy atom. The van der Waals surface area contributed by atoms with Gasteiger partial charge >= 0.3 is 0 Å². The molecule has 1 aromatic rings. The van der Waals surface area contributed by atoms with E-state index in [1.807, 2.05) is 25.1 Å². The minimum Gasteiger partial charge on any atom is -0.496 e. The van der Waals surface area contributed by atoms with Crippen molar-refractivity contribution >= 4 is 29.9 Å². The van der Waals surface area contributed by atoms with Gasteiger partial charge < -0.3 is 20.1 Å². The van der Waals surface area contributed by atoms with E-state index in [-0.39, 0.29) is 24.0 Å². The van der Waals surface area contributed by atoms with Gasteiger partial charge in [0.05, 0.1) is 7.11 Å². The smallest absolute Gasteiger partial charge is 0.190 e. The number of rotatable bonds is 9. The molecule has 0 aliphatic heterocycles. The monoisotopic (exact) mass is 435 g/mol. The average molecular weight is 435 g/mol. The average Bonchev–Trinajstić information content (AvgIpc) is 2.57. The number of halogens is 1. The number of nitrogens with one attached hydrogen (secondary N) is 2. The Morgan fingerprint density at radius 1 is 1.26 bits per heavy atom. The molecule has 0 amide bonds. The third-order valence-electron chi connectivity index (χ3n) is 3.43. The van der Waals surface area contributed by atoms with Crippen LogP contribution in [0, 0.1) is 0 Å². The number of hydrogen-bond acceptors (Lipinski definition) is 3. The molecule has 0 radical (unpaired) electrons. The van der Waals surface area contributed by atoms with Gasteiger partial charge in [-0.1, -0.05) is 25.1 Å². The minimum absolute atomic E-state index is 0. The van der Waals surface area contributed by atoms with E-state index < -0.39 is 0 Å². The van der Waals surface area contributed by atoms with Crippen LogP contribution >= 0.6 is 24.0 Å². The molecule has 6 heteroatoms. The van der Waals surface area contributed by atoms with Gasteiger partial charge in [-0.3, -0.25) is 4.99 Å². The molecule has 0 bridgehead atoms. The second kappa shape index (κ2) is 13.4. The minimum atomic E-state index is 0. The lowest BCUT2D eigenvalue weighted by Crippen LogP contribution is -2.39. The van der Waals surface area contributed by atoms with Gasteiger partial charge in [0, 0.05) is 39.3 Å². The number of methoxy groups -OCH3 is 1. The predicted octanol–water partition coefficient (Wildman–Crippen LogP) is 3.01. The third kappa shape index (κ3) is 8.41. The first-order chi connectivity index (χ1) is 10.7. The van der Waals surface area contributed by atoms with E-state index in [0.717, 1.165) is 44.4 Å². The first kappa shape index (κ1) is 22.0. The SMILES string of the molecule is CCOCCCNC(=NC)NCC(C)c1ccccc1OC.I. The van der Waals surface area contributed by atoms with Crippen molar-refractivity contribution in [2.24, 2.45) is 4.99 Å². The van der Waals surface area contributed by atoms with Crippen molar-refractivity contribution in [2.75, 3.05) is 40.5 Å². The molecule has 0 saturated carbocycles. The lowest BCUT2D eigenvalue weighted by atomic mass is 10.0. The van der Waals surface area contributed by atoms with Gasteiger partial charge in [-0.25, -0.2) is 0 Å². The summed E-state index contributed by atoms with van der Waals surface area (Å²) in [6.45, 7) is 7.37. The molecule has 23 heavy (non-hydrogen) atoms. The predicted molar refractivity (Wildman–Crippen MR) is 107 cm³/mol. The van der Waals surface area contributed by atoms with Gasteiger partial charge in [-0.15, -0.1) is 24.0 Å². The Bertz CT molecular complexity index is 455. The summed E-state index contributed by atoms with van der Waals surface area (Å²) in [5.74, 6) is 2.08. The van der Waals surface area contributed by atoms with E-state index in [4.69, 9.17) is 9.47 Å². The van der Waals surface area contributed by atoms with Gasteiger partial charge in [0.1, 0.15) is 5.75 Å². The van der Waals surface area contributed by atoms with E-state index in [9.17, 15) is 0 Å². The second-order valence-corrected chi connectivity index (χ2v) is 5.07. The van der Waals surface area contributed by atoms with Crippen LogP contribution in [0.15, 0.2) is 29.3 Å². The number of ether oxygens (including phenoxy) is 2. The van der Waals surface area contributed by atoms with Crippen LogP contribution in [-0.2, 0) is 4.74 Å². The summed E-state index contributed by atoms with van der Waals surface area (Å²) in [5.41, 5.74) is 1.20. The molecule has 0 aliphatic carbocycles. The highest BCUT2D eigenvalue weighted by molar-refractivity contribution is 14.0. The zero-order valence-corrected chi connectivity index (χ0v) is 16.9. The Kier molecular flexibility index (Phi) is 12.8. The van der Waals surface area contributed by atoms with E-state index in [1.165, 1.54) is 5.56 Å². The molecule has 0 aromatic heterocycles. The van der Waals surface area contributed by atoms with E-state index in [0.29, 0.717) is 5.92 Å². The maximum absolute atomic E-state index is 5.41. The van der Waals surface area contributed by atoms with Crippen LogP contribution in [0.2, 0.25) is 0 Å². The van der Waals surface area contributed by atoms with Crippen LogP contribution in [0.5, 0.6) is 5.75 Å². The van der Waals surface area contributed by atoms with Gasteiger partial charge in [0.25, 0.3) is 0 Å². The summed E-state index contributed by atoms with van der Waals surface area (Å²) in [7, 11) is 3.49. The van der Waals surface area contributed by atoms with Gasteiger partial charge in [0.15, 0.2) is 5.96 Å². The molecule has 0 aliphatic rings. The zero-order chi connectivity index (χ0) is 16.2. The summed E-state index contributed by atoms with van der Waals surface area (Å²) >= 11 is 0. The highest BCUT2D eigenvalue weighted by Gasteiger charge is 2.11. The molecule has 5 nitrogen and oxygen atoms in total. The fourth-order valence-electron chi connectivity index (χ4n) is 2.18. The van der Waals surface area contributed by atoms with Crippen molar-refractivity contribution in [3.63, 3.8) is 0 Å². The highest BCUT2D eigenvalue weighted by atomic mass is 127. The summed E-state index contributed by atoms with van der Waals surface area (Å²) in [5, 5.41) is 6.64. The lowest BCUT2D eigenvalue weighted by molar-refractivity contribution is 0.145. The van der Waals surface area contributed by atoms with Crippen molar-refractivity contribution < 1.29 is 9.47 Å². The summed E-state index contributed by atoms with van der Waals surface area (Å²) < 4.78 is 10.7. The Labute approximate surface area is 157 Å². The topological polar surface area (TPSA) is 54.9 Å². The summed E-state index contributed by atoms with van der Waals surface area (Å²) in [6.07, 6.45) is 0.969. The number of nitrogens with zero attached hydrogens (tertiary/aromatic N) is 1. The largest absolute Gasteiger partial charge is 0.496 e. The summed E-state index contributed by atoms with van der Waals surface area (Å²) in [4.78, 5) is 4.24. The van der Waals surface area contributed by atoms with E-state index in [1.54, 1.807) is 14.2 Å². The van der Waals surface area contributed by atoms with Crippen molar-refractivity contribution in [1.82, 2.24) is 10.6 Å². The number of hydrogen-bond donors (Lipinski definition) is 2. The summed E-state index contributed by atoms with van der Waals surface area (Å²) in [6, 6.07) is 8.12. The quantitative estimate of drug-likeness (QED) is 0.271. The maximum atomic E-state index is 5.41. The maximum Gasteiger partial charge on any atom is 0.190 e. The molecular formula is C17H30IN3O2. The Morgan fingerprint density at radius 2 is 2.00 bits per heavy atom. The van der Waals surface area contributed by atoms with Crippen LogP contribution < -0.4 is 15.4 Å². The van der Waals surface area contributed by atoms with Crippen LogP contribution in [0.4, 0.5) is 0 Å². The van der Waals surface area contributed by atoms with Crippen LogP contribution in [-0.4, -0.2) is 46.4 Å². The second-order valence-electron chi connectivity index (χ2n) is 5.07. The number of guanidine groups is 1. The Balaban J connectivity index is 0.00000484. The van der Waals surface area contributed by atoms with E-state index in [2.05, 4.69) is 28.6 Å². The number of benzene rings is 1. The lowest BCUT2D eigenvalue weighted by Gasteiger charge is -2.18. The molecule has 1 atom stereocenters. The molecule has 1 rings (SSSR count). The highest BCUT2D eigenvalue weighted by Crippen LogP contribution is 2.25. The molecule has 2 N–H and O–H groups in total. The third-order valence-corrected chi connectivity index (χ3v) is 3.43. The van der Waals surface area contributed by atoms with Crippen LogP contribution in [0.3, 0.4) is 0 Å².